The van der Waals surface area contributed by atoms with Crippen LogP contribution in [0.25, 0.3) is 0 Å². The van der Waals surface area contributed by atoms with Crippen LogP contribution in [0.2, 0.25) is 0 Å². The third-order valence-electron chi connectivity index (χ3n) is 12.3. The summed E-state index contributed by atoms with van der Waals surface area (Å²) in [5.74, 6) is -1.63. The van der Waals surface area contributed by atoms with Crippen LogP contribution in [0, 0.1) is 0 Å². The minimum absolute atomic E-state index is 0.0662. The molecule has 0 spiro atoms. The van der Waals surface area contributed by atoms with E-state index < -0.39 is 57.8 Å². The minimum atomic E-state index is -4.78. The third-order valence-corrected chi connectivity index (χ3v) is 13.3. The standard InChI is InChI=1S/C62H107O11P/c1-4-7-10-13-16-19-22-25-27-28-29-30-32-34-36-39-42-45-48-51-60(64)69-55-59(73-62(66)53-50-47-44-41-38-35-31-26-23-20-17-14-11-8-5-2)57-71-74(67,68)70-56-58(54-63)72-61(65)52-49-46-43-40-37-33-24-21-18-15-12-9-6-3/h8,11-12,15,17,20-21,24,26,31,38,41,47,50,58-59,63H,4-7,9-10,13-14,16,18-19,22-23,25,27-30,32-37,39-40,42-46,48-49,51-57H2,1-3H3,(H,67,68)/b11-8-,15-12-,20-17-,24-21-,31-26-,41-38-,50-47-. The van der Waals surface area contributed by atoms with Gasteiger partial charge in [-0.2, -0.15) is 0 Å². The topological polar surface area (TPSA) is 155 Å². The molecule has 74 heavy (non-hydrogen) atoms. The molecular formula is C62H107O11P. The molecule has 426 valence electrons. The molecule has 12 heteroatoms. The average Bonchev–Trinajstić information content (AvgIpc) is 3.39. The molecule has 0 aliphatic rings. The molecular weight excluding hydrogens is 952 g/mol. The lowest BCUT2D eigenvalue weighted by molar-refractivity contribution is -0.160. The predicted octanol–water partition coefficient (Wildman–Crippen LogP) is 17.5. The van der Waals surface area contributed by atoms with Crippen molar-refractivity contribution in [3.8, 4) is 0 Å². The largest absolute Gasteiger partial charge is 0.472 e. The van der Waals surface area contributed by atoms with Crippen molar-refractivity contribution in [3.63, 3.8) is 0 Å². The zero-order valence-electron chi connectivity index (χ0n) is 47.0. The van der Waals surface area contributed by atoms with E-state index in [0.717, 1.165) is 96.3 Å². The molecule has 2 N–H and O–H groups in total. The van der Waals surface area contributed by atoms with Gasteiger partial charge in [0, 0.05) is 12.8 Å². The van der Waals surface area contributed by atoms with Crippen LogP contribution < -0.4 is 0 Å². The van der Waals surface area contributed by atoms with Gasteiger partial charge in [-0.3, -0.25) is 23.4 Å². The molecule has 11 nitrogen and oxygen atoms in total. The second-order valence-electron chi connectivity index (χ2n) is 19.4. The van der Waals surface area contributed by atoms with E-state index in [1.807, 2.05) is 12.2 Å². The van der Waals surface area contributed by atoms with E-state index in [1.165, 1.54) is 96.3 Å². The zero-order valence-corrected chi connectivity index (χ0v) is 47.9. The Hall–Kier alpha value is -3.34. The second-order valence-corrected chi connectivity index (χ2v) is 20.9. The molecule has 0 radical (unpaired) electrons. The smallest absolute Gasteiger partial charge is 0.462 e. The molecule has 0 aromatic carbocycles. The van der Waals surface area contributed by atoms with Gasteiger partial charge in [0.05, 0.1) is 26.2 Å². The molecule has 3 unspecified atom stereocenters. The van der Waals surface area contributed by atoms with E-state index in [0.29, 0.717) is 19.3 Å². The summed E-state index contributed by atoms with van der Waals surface area (Å²) in [6, 6.07) is 0. The molecule has 0 fully saturated rings. The maximum Gasteiger partial charge on any atom is 0.472 e. The van der Waals surface area contributed by atoms with Gasteiger partial charge >= 0.3 is 25.7 Å². The first-order chi connectivity index (χ1) is 36.2. The summed E-state index contributed by atoms with van der Waals surface area (Å²) in [5, 5.41) is 9.80. The van der Waals surface area contributed by atoms with E-state index in [4.69, 9.17) is 23.3 Å². The number of carbonyl (C=O) groups is 3. The van der Waals surface area contributed by atoms with Crippen LogP contribution in [0.5, 0.6) is 0 Å². The van der Waals surface area contributed by atoms with Gasteiger partial charge in [0.25, 0.3) is 0 Å². The normalized spacial score (nSPS) is 14.0. The molecule has 0 rings (SSSR count). The van der Waals surface area contributed by atoms with Gasteiger partial charge < -0.3 is 24.2 Å². The molecule has 0 saturated heterocycles. The summed E-state index contributed by atoms with van der Waals surface area (Å²) in [7, 11) is -4.78. The summed E-state index contributed by atoms with van der Waals surface area (Å²) in [6.07, 6.45) is 64.4. The summed E-state index contributed by atoms with van der Waals surface area (Å²) in [4.78, 5) is 48.5. The fraction of sp³-hybridized carbons (Fsp3) is 0.726. The van der Waals surface area contributed by atoms with Crippen LogP contribution in [0.3, 0.4) is 0 Å². The quantitative estimate of drug-likeness (QED) is 0.0197. The number of phosphoric ester groups is 1. The van der Waals surface area contributed by atoms with Gasteiger partial charge in [-0.05, 0) is 70.6 Å². The van der Waals surface area contributed by atoms with Crippen LogP contribution >= 0.6 is 7.82 Å². The molecule has 0 bridgehead atoms. The Balaban J connectivity index is 4.79. The second kappa shape index (κ2) is 55.9. The number of esters is 3. The van der Waals surface area contributed by atoms with Crippen LogP contribution in [-0.4, -0.2) is 66.5 Å². The lowest BCUT2D eigenvalue weighted by atomic mass is 10.0. The van der Waals surface area contributed by atoms with E-state index in [9.17, 15) is 28.9 Å². The van der Waals surface area contributed by atoms with E-state index in [-0.39, 0.29) is 25.9 Å². The van der Waals surface area contributed by atoms with E-state index in [2.05, 4.69) is 87.6 Å². The average molecular weight is 1060 g/mol. The van der Waals surface area contributed by atoms with Crippen molar-refractivity contribution in [2.75, 3.05) is 26.4 Å². The number of hydrogen-bond donors (Lipinski definition) is 2. The Labute approximate surface area is 451 Å². The van der Waals surface area contributed by atoms with Gasteiger partial charge in [0.15, 0.2) is 6.10 Å². The summed E-state index contributed by atoms with van der Waals surface area (Å²) >= 11 is 0. The number of rotatable bonds is 54. The summed E-state index contributed by atoms with van der Waals surface area (Å²) in [5.41, 5.74) is 0. The van der Waals surface area contributed by atoms with Gasteiger partial charge in [-0.25, -0.2) is 4.57 Å². The first-order valence-corrected chi connectivity index (χ1v) is 31.0. The van der Waals surface area contributed by atoms with Gasteiger partial charge in [-0.1, -0.05) is 247 Å². The molecule has 0 aliphatic carbocycles. The van der Waals surface area contributed by atoms with Crippen molar-refractivity contribution in [1.29, 1.82) is 0 Å². The highest BCUT2D eigenvalue weighted by molar-refractivity contribution is 7.47. The molecule has 0 amide bonds. The maximum atomic E-state index is 12.9. The monoisotopic (exact) mass is 1060 g/mol. The lowest BCUT2D eigenvalue weighted by Gasteiger charge is -2.21. The van der Waals surface area contributed by atoms with Crippen molar-refractivity contribution >= 4 is 25.7 Å². The SMILES string of the molecule is CC/C=C\C/C=C\C/C=C\C/C=C\C/C=C\CC(=O)OC(COC(=O)CCCCCCCCCCCCCCCCCCCCC)COP(=O)(O)OCC(CO)OC(=O)CCCCCCC/C=C\C/C=C\CCC. The molecule has 3 atom stereocenters. The van der Waals surface area contributed by atoms with Crippen molar-refractivity contribution in [2.24, 2.45) is 0 Å². The van der Waals surface area contributed by atoms with Crippen molar-refractivity contribution in [2.45, 2.75) is 264 Å². The molecule has 0 aromatic rings. The fourth-order valence-electron chi connectivity index (χ4n) is 7.88. The van der Waals surface area contributed by atoms with Crippen molar-refractivity contribution < 1.29 is 52.2 Å². The van der Waals surface area contributed by atoms with Crippen LogP contribution in [0.4, 0.5) is 0 Å². The highest BCUT2D eigenvalue weighted by Gasteiger charge is 2.28. The number of phosphoric acid groups is 1. The van der Waals surface area contributed by atoms with Crippen molar-refractivity contribution in [1.82, 2.24) is 0 Å². The van der Waals surface area contributed by atoms with E-state index in [1.54, 1.807) is 6.08 Å². The van der Waals surface area contributed by atoms with E-state index >= 15 is 0 Å². The summed E-state index contributed by atoms with van der Waals surface area (Å²) < 4.78 is 39.4. The third kappa shape index (κ3) is 53.5. The number of aliphatic hydroxyl groups is 1. The van der Waals surface area contributed by atoms with Gasteiger partial charge in [0.1, 0.15) is 12.7 Å². The highest BCUT2D eigenvalue weighted by atomic mass is 31.2. The Bertz CT molecular complexity index is 1560. The van der Waals surface area contributed by atoms with Crippen molar-refractivity contribution in [3.05, 3.63) is 85.1 Å². The summed E-state index contributed by atoms with van der Waals surface area (Å²) in [6.45, 7) is 4.36. The number of carbonyl (C=O) groups excluding carboxylic acids is 3. The number of ether oxygens (including phenoxy) is 3. The number of allylic oxidation sites excluding steroid dienone is 13. The van der Waals surface area contributed by atoms with Gasteiger partial charge in [-0.15, -0.1) is 0 Å². The highest BCUT2D eigenvalue weighted by Crippen LogP contribution is 2.43. The van der Waals surface area contributed by atoms with Crippen LogP contribution in [-0.2, 0) is 42.2 Å². The molecule has 0 heterocycles. The zero-order chi connectivity index (χ0) is 54.1. The minimum Gasteiger partial charge on any atom is -0.462 e. The lowest BCUT2D eigenvalue weighted by Crippen LogP contribution is -2.30. The molecule has 0 saturated carbocycles. The number of unbranched alkanes of at least 4 members (excludes halogenated alkanes) is 24. The Morgan fingerprint density at radius 2 is 0.784 bits per heavy atom. The number of hydrogen-bond acceptors (Lipinski definition) is 10. The molecule has 0 aliphatic heterocycles. The Morgan fingerprint density at radius 1 is 0.405 bits per heavy atom. The molecule has 0 aromatic heterocycles. The number of aliphatic hydroxyl groups excluding tert-OH is 1. The Morgan fingerprint density at radius 3 is 1.24 bits per heavy atom. The fourth-order valence-corrected chi connectivity index (χ4v) is 8.67. The van der Waals surface area contributed by atoms with Gasteiger partial charge in [0.2, 0.25) is 0 Å². The first kappa shape index (κ1) is 70.7. The maximum absolute atomic E-state index is 12.9. The van der Waals surface area contributed by atoms with Crippen LogP contribution in [0.1, 0.15) is 252 Å². The Kier molecular flexibility index (Phi) is 53.4. The van der Waals surface area contributed by atoms with Crippen LogP contribution in [0.15, 0.2) is 85.1 Å². The first-order valence-electron chi connectivity index (χ1n) is 29.5. The predicted molar refractivity (Wildman–Crippen MR) is 307 cm³/mol.